The van der Waals surface area contributed by atoms with E-state index in [1.54, 1.807) is 23.6 Å². The zero-order valence-electron chi connectivity index (χ0n) is 42.3. The Morgan fingerprint density at radius 3 is 2.09 bits per heavy atom. The molecule has 1 unspecified atom stereocenters. The summed E-state index contributed by atoms with van der Waals surface area (Å²) in [6.07, 6.45) is 6.60. The number of unbranched alkanes of at least 4 members (excludes halogenated alkanes) is 1. The SMILES string of the molecule is Cc1nc2cc(C=CCc3cc(F)cc(F)c3OCc3ccccc3)nn2c(N2CCC(C)(OCCCC[C@@H](C)O[Si](c3ccccc3)(c3ccccc3)C(C)(C)C)CC2)c1C(OC(C)(C)C)C(=O)O. The van der Waals surface area contributed by atoms with Crippen LogP contribution >= 0.6 is 0 Å². The van der Waals surface area contributed by atoms with Crippen LogP contribution in [0.1, 0.15) is 122 Å². The van der Waals surface area contributed by atoms with E-state index in [4.69, 9.17) is 28.7 Å². The van der Waals surface area contributed by atoms with Crippen molar-refractivity contribution >= 4 is 42.2 Å². The number of nitrogens with zero attached hydrogens (tertiary/aromatic N) is 4. The van der Waals surface area contributed by atoms with Gasteiger partial charge in [-0.1, -0.05) is 118 Å². The van der Waals surface area contributed by atoms with Gasteiger partial charge in [0.1, 0.15) is 18.2 Å². The Balaban J connectivity index is 1.05. The Labute approximate surface area is 413 Å². The number of anilines is 1. The van der Waals surface area contributed by atoms with E-state index in [0.717, 1.165) is 30.9 Å². The molecule has 1 saturated heterocycles. The molecule has 0 bridgehead atoms. The van der Waals surface area contributed by atoms with Crippen molar-refractivity contribution in [2.24, 2.45) is 0 Å². The number of carboxylic acids is 1. The third-order valence-corrected chi connectivity index (χ3v) is 18.3. The van der Waals surface area contributed by atoms with E-state index < -0.39 is 37.6 Å². The monoisotopic (exact) mass is 973 g/mol. The third kappa shape index (κ3) is 12.4. The fourth-order valence-electron chi connectivity index (χ4n) is 9.62. The zero-order valence-corrected chi connectivity index (χ0v) is 43.3. The van der Waals surface area contributed by atoms with Crippen LogP contribution in [-0.2, 0) is 31.7 Å². The number of rotatable bonds is 20. The maximum atomic E-state index is 15.1. The van der Waals surface area contributed by atoms with E-state index in [0.29, 0.717) is 66.5 Å². The minimum Gasteiger partial charge on any atom is -0.486 e. The van der Waals surface area contributed by atoms with Crippen molar-refractivity contribution < 1.29 is 37.3 Å². The van der Waals surface area contributed by atoms with Crippen molar-refractivity contribution in [1.82, 2.24) is 14.6 Å². The second-order valence-corrected chi connectivity index (χ2v) is 25.1. The first-order valence-electron chi connectivity index (χ1n) is 24.6. The molecule has 10 nitrogen and oxygen atoms in total. The van der Waals surface area contributed by atoms with E-state index in [1.165, 1.54) is 16.4 Å². The minimum absolute atomic E-state index is 0.0137. The quantitative estimate of drug-likeness (QED) is 0.0591. The number of allylic oxidation sites excluding steroid dienone is 1. The summed E-state index contributed by atoms with van der Waals surface area (Å²) in [5.41, 5.74) is 2.05. The Morgan fingerprint density at radius 1 is 0.886 bits per heavy atom. The number of benzene rings is 4. The van der Waals surface area contributed by atoms with Gasteiger partial charge in [0.15, 0.2) is 23.3 Å². The molecule has 3 heterocycles. The lowest BCUT2D eigenvalue weighted by Crippen LogP contribution is -2.67. The molecule has 0 amide bonds. The molecule has 0 aliphatic carbocycles. The summed E-state index contributed by atoms with van der Waals surface area (Å²) < 4.78 is 57.4. The first kappa shape index (κ1) is 52.1. The molecule has 6 aromatic rings. The standard InChI is InChI=1S/C57H70F2N4O6Si/c1-40(69-70(56(6,7)8,46-27-15-11-16-28-46)47-29-17-12-18-30-47)22-19-20-35-67-57(9)31-33-62(34-32-57)53-50(52(54(64)65)68-55(3,4)5)41(2)60-49-38-45(61-63(49)53)26-21-25-43-36-44(58)37-48(59)51(43)66-39-42-23-13-10-14-24-42/h10-18,21,23-24,26-30,36-38,40,52H,19-20,22,25,31-35,39H2,1-9H3,(H,64,65)/t40-,52?/m1/s1. The van der Waals surface area contributed by atoms with Crippen LogP contribution in [0.2, 0.25) is 5.04 Å². The van der Waals surface area contributed by atoms with Crippen LogP contribution in [0.5, 0.6) is 5.75 Å². The third-order valence-electron chi connectivity index (χ3n) is 13.1. The van der Waals surface area contributed by atoms with Crippen molar-refractivity contribution in [3.63, 3.8) is 0 Å². The van der Waals surface area contributed by atoms with Crippen molar-refractivity contribution in [2.75, 3.05) is 24.6 Å². The first-order chi connectivity index (χ1) is 33.3. The van der Waals surface area contributed by atoms with Gasteiger partial charge in [-0.05, 0) is 113 Å². The molecule has 0 spiro atoms. The van der Waals surface area contributed by atoms with Gasteiger partial charge in [0.05, 0.1) is 22.5 Å². The molecule has 1 aliphatic heterocycles. The highest BCUT2D eigenvalue weighted by Gasteiger charge is 2.51. The number of carboxylic acid groups (broad SMARTS) is 1. The van der Waals surface area contributed by atoms with Gasteiger partial charge in [-0.3, -0.25) is 0 Å². The van der Waals surface area contributed by atoms with Crippen LogP contribution in [0.4, 0.5) is 14.6 Å². The second kappa shape index (κ2) is 22.1. The molecule has 1 aliphatic rings. The van der Waals surface area contributed by atoms with E-state index in [1.807, 2.05) is 57.2 Å². The first-order valence-corrected chi connectivity index (χ1v) is 26.5. The van der Waals surface area contributed by atoms with Crippen molar-refractivity contribution in [3.05, 3.63) is 155 Å². The Kier molecular flexibility index (Phi) is 16.5. The summed E-state index contributed by atoms with van der Waals surface area (Å²) in [6.45, 7) is 20.5. The van der Waals surface area contributed by atoms with Gasteiger partial charge >= 0.3 is 5.97 Å². The Bertz CT molecular complexity index is 2670. The summed E-state index contributed by atoms with van der Waals surface area (Å²) in [5, 5.41) is 18.1. The number of aliphatic carboxylic acids is 1. The number of fused-ring (bicyclic) bond motifs is 1. The lowest BCUT2D eigenvalue weighted by atomic mass is 9.92. The molecule has 2 atom stereocenters. The number of carbonyl (C=O) groups is 1. The average molecular weight is 973 g/mol. The number of piperidine rings is 1. The molecule has 1 fully saturated rings. The van der Waals surface area contributed by atoms with Crippen LogP contribution in [0, 0.1) is 18.6 Å². The molecule has 70 heavy (non-hydrogen) atoms. The van der Waals surface area contributed by atoms with Gasteiger partial charge in [0, 0.05) is 49.2 Å². The Hall–Kier alpha value is -5.73. The topological polar surface area (TPSA) is 108 Å². The van der Waals surface area contributed by atoms with Crippen LogP contribution < -0.4 is 20.0 Å². The summed E-state index contributed by atoms with van der Waals surface area (Å²) >= 11 is 0. The van der Waals surface area contributed by atoms with Crippen molar-refractivity contribution in [1.29, 1.82) is 0 Å². The summed E-state index contributed by atoms with van der Waals surface area (Å²) in [5.74, 6) is -2.02. The predicted octanol–water partition coefficient (Wildman–Crippen LogP) is 11.6. The average Bonchev–Trinajstić information content (AvgIpc) is 3.71. The number of hydrogen-bond donors (Lipinski definition) is 1. The fourth-order valence-corrected chi connectivity index (χ4v) is 14.4. The minimum atomic E-state index is -2.66. The highest BCUT2D eigenvalue weighted by molar-refractivity contribution is 6.99. The van der Waals surface area contributed by atoms with Gasteiger partial charge in [0.25, 0.3) is 8.32 Å². The molecule has 0 radical (unpaired) electrons. The van der Waals surface area contributed by atoms with Gasteiger partial charge in [-0.25, -0.2) is 18.6 Å². The molecular weight excluding hydrogens is 903 g/mol. The highest BCUT2D eigenvalue weighted by atomic mass is 28.4. The van der Waals surface area contributed by atoms with E-state index in [-0.39, 0.29) is 35.5 Å². The number of halogens is 2. The van der Waals surface area contributed by atoms with E-state index in [9.17, 15) is 14.3 Å². The van der Waals surface area contributed by atoms with Crippen molar-refractivity contribution in [2.45, 2.75) is 136 Å². The number of aromatic nitrogens is 3. The molecule has 7 rings (SSSR count). The molecular formula is C57H70F2N4O6Si. The van der Waals surface area contributed by atoms with Crippen LogP contribution in [0.3, 0.4) is 0 Å². The van der Waals surface area contributed by atoms with Gasteiger partial charge < -0.3 is 28.6 Å². The smallest absolute Gasteiger partial charge is 0.337 e. The fraction of sp³-hybridized carbons (Fsp3) is 0.421. The van der Waals surface area contributed by atoms with Gasteiger partial charge in [0.2, 0.25) is 0 Å². The molecule has 372 valence electrons. The lowest BCUT2D eigenvalue weighted by molar-refractivity contribution is -0.160. The second-order valence-electron chi connectivity index (χ2n) is 20.9. The molecule has 4 aromatic carbocycles. The van der Waals surface area contributed by atoms with Crippen LogP contribution in [-0.4, -0.2) is 71.0 Å². The summed E-state index contributed by atoms with van der Waals surface area (Å²) in [6, 6.07) is 34.8. The number of aryl methyl sites for hydroxylation is 1. The molecule has 1 N–H and O–H groups in total. The van der Waals surface area contributed by atoms with E-state index in [2.05, 4.69) is 100 Å². The van der Waals surface area contributed by atoms with Gasteiger partial charge in [-0.2, -0.15) is 9.61 Å². The number of ether oxygens (including phenoxy) is 3. The summed E-state index contributed by atoms with van der Waals surface area (Å²) in [7, 11) is -2.66. The molecule has 0 saturated carbocycles. The van der Waals surface area contributed by atoms with Gasteiger partial charge in [-0.15, -0.1) is 0 Å². The van der Waals surface area contributed by atoms with E-state index >= 15 is 4.39 Å². The number of hydrogen-bond acceptors (Lipinski definition) is 8. The molecule has 13 heteroatoms. The predicted molar refractivity (Wildman–Crippen MR) is 277 cm³/mol. The normalized spacial score (nSPS) is 15.4. The van der Waals surface area contributed by atoms with Crippen molar-refractivity contribution in [3.8, 4) is 5.75 Å². The Morgan fingerprint density at radius 2 is 1.50 bits per heavy atom. The maximum Gasteiger partial charge on any atom is 0.337 e. The van der Waals surface area contributed by atoms with Crippen LogP contribution in [0.15, 0.2) is 115 Å². The largest absolute Gasteiger partial charge is 0.486 e. The highest BCUT2D eigenvalue weighted by Crippen LogP contribution is 2.40. The zero-order chi connectivity index (χ0) is 50.3. The van der Waals surface area contributed by atoms with Crippen LogP contribution in [0.25, 0.3) is 11.7 Å². The summed E-state index contributed by atoms with van der Waals surface area (Å²) in [4.78, 5) is 20.1. The molecule has 2 aromatic heterocycles. The maximum absolute atomic E-state index is 15.1. The lowest BCUT2D eigenvalue weighted by Gasteiger charge is -2.44.